The number of hydrogen-bond acceptors (Lipinski definition) is 3. The fourth-order valence-electron chi connectivity index (χ4n) is 1.93. The fraction of sp³-hybridized carbons (Fsp3) is 0.462. The van der Waals surface area contributed by atoms with Gasteiger partial charge in [0, 0.05) is 34.7 Å². The number of rotatable bonds is 5. The molecule has 0 aliphatic heterocycles. The van der Waals surface area contributed by atoms with E-state index in [1.54, 1.807) is 0 Å². The second-order valence-electron chi connectivity index (χ2n) is 4.65. The molecule has 0 spiro atoms. The van der Waals surface area contributed by atoms with Gasteiger partial charge in [0.15, 0.2) is 0 Å². The third-order valence-corrected chi connectivity index (χ3v) is 4.20. The highest BCUT2D eigenvalue weighted by molar-refractivity contribution is 7.12. The molecule has 0 saturated heterocycles. The summed E-state index contributed by atoms with van der Waals surface area (Å²) in [7, 11) is 0. The summed E-state index contributed by atoms with van der Waals surface area (Å²) in [6.07, 6.45) is 6.55. The molecule has 0 aromatic carbocycles. The third kappa shape index (κ3) is 2.76. The Bertz CT molecular complexity index is 483. The van der Waals surface area contributed by atoms with Crippen LogP contribution in [-0.2, 0) is 13.1 Å². The van der Waals surface area contributed by atoms with Crippen LogP contribution in [0.4, 0.5) is 0 Å². The van der Waals surface area contributed by atoms with Gasteiger partial charge in [0.25, 0.3) is 0 Å². The molecule has 4 heteroatoms. The average Bonchev–Trinajstić information content (AvgIpc) is 2.89. The molecule has 0 atom stereocenters. The Balaban J connectivity index is 1.66. The summed E-state index contributed by atoms with van der Waals surface area (Å²) in [5.74, 6) is 0. The van der Waals surface area contributed by atoms with E-state index in [2.05, 4.69) is 23.4 Å². The third-order valence-electron chi connectivity index (χ3n) is 3.11. The second kappa shape index (κ2) is 4.63. The van der Waals surface area contributed by atoms with E-state index in [-0.39, 0.29) is 0 Å². The predicted molar refractivity (Wildman–Crippen MR) is 70.2 cm³/mol. The van der Waals surface area contributed by atoms with Crippen LogP contribution in [0.3, 0.4) is 0 Å². The Hall–Kier alpha value is -1.13. The zero-order chi connectivity index (χ0) is 11.7. The van der Waals surface area contributed by atoms with Crippen LogP contribution in [0.2, 0.25) is 0 Å². The van der Waals surface area contributed by atoms with E-state index < -0.39 is 0 Å². The topological polar surface area (TPSA) is 29.9 Å². The highest BCUT2D eigenvalue weighted by atomic mass is 32.1. The van der Waals surface area contributed by atoms with E-state index in [4.69, 9.17) is 0 Å². The van der Waals surface area contributed by atoms with Crippen molar-refractivity contribution in [3.63, 3.8) is 0 Å². The lowest BCUT2D eigenvalue weighted by molar-refractivity contribution is 0.681. The van der Waals surface area contributed by atoms with Gasteiger partial charge in [-0.3, -0.25) is 4.68 Å². The Labute approximate surface area is 105 Å². The smallest absolute Gasteiger partial charge is 0.0670 e. The monoisotopic (exact) mass is 247 g/mol. The highest BCUT2D eigenvalue weighted by Crippen LogP contribution is 2.24. The molecular weight excluding hydrogens is 230 g/mol. The van der Waals surface area contributed by atoms with Crippen molar-refractivity contribution in [2.75, 3.05) is 0 Å². The van der Waals surface area contributed by atoms with E-state index in [1.807, 2.05) is 34.5 Å². The molecule has 0 amide bonds. The molecule has 0 radical (unpaired) electrons. The van der Waals surface area contributed by atoms with Gasteiger partial charge in [-0.15, -0.1) is 11.3 Å². The van der Waals surface area contributed by atoms with Gasteiger partial charge < -0.3 is 5.32 Å². The van der Waals surface area contributed by atoms with Crippen LogP contribution in [0.15, 0.2) is 24.5 Å². The van der Waals surface area contributed by atoms with Gasteiger partial charge >= 0.3 is 0 Å². The van der Waals surface area contributed by atoms with Crippen molar-refractivity contribution in [3.8, 4) is 0 Å². The molecular formula is C13H17N3S. The van der Waals surface area contributed by atoms with E-state index in [1.165, 1.54) is 28.2 Å². The fourth-order valence-corrected chi connectivity index (χ4v) is 2.94. The molecule has 1 N–H and O–H groups in total. The molecule has 2 aromatic heterocycles. The highest BCUT2D eigenvalue weighted by Gasteiger charge is 2.20. The number of aromatic nitrogens is 2. The van der Waals surface area contributed by atoms with Crippen LogP contribution >= 0.6 is 11.3 Å². The van der Waals surface area contributed by atoms with Crippen molar-refractivity contribution >= 4 is 11.3 Å². The largest absolute Gasteiger partial charge is 0.309 e. The maximum absolute atomic E-state index is 4.25. The maximum Gasteiger partial charge on any atom is 0.0670 e. The molecule has 2 heterocycles. The average molecular weight is 247 g/mol. The van der Waals surface area contributed by atoms with Crippen LogP contribution < -0.4 is 5.32 Å². The Morgan fingerprint density at radius 2 is 2.41 bits per heavy atom. The summed E-state index contributed by atoms with van der Waals surface area (Å²) >= 11 is 1.90. The van der Waals surface area contributed by atoms with E-state index in [0.29, 0.717) is 0 Å². The SMILES string of the molecule is Cc1sc(CNC2CC2)cc1Cn1cccn1. The number of nitrogens with zero attached hydrogens (tertiary/aromatic N) is 2. The first-order chi connectivity index (χ1) is 8.31. The normalized spacial score (nSPS) is 15.4. The lowest BCUT2D eigenvalue weighted by Gasteiger charge is -1.99. The molecule has 1 aliphatic rings. The minimum Gasteiger partial charge on any atom is -0.309 e. The molecule has 0 bridgehead atoms. The van der Waals surface area contributed by atoms with Gasteiger partial charge in [0.05, 0.1) is 6.54 Å². The second-order valence-corrected chi connectivity index (χ2v) is 5.99. The quantitative estimate of drug-likeness (QED) is 0.880. The summed E-state index contributed by atoms with van der Waals surface area (Å²) in [6, 6.07) is 5.07. The van der Waals surface area contributed by atoms with Gasteiger partial charge in [-0.05, 0) is 37.5 Å². The zero-order valence-electron chi connectivity index (χ0n) is 10.0. The Morgan fingerprint density at radius 3 is 3.12 bits per heavy atom. The molecule has 90 valence electrons. The van der Waals surface area contributed by atoms with Crippen molar-refractivity contribution in [1.82, 2.24) is 15.1 Å². The van der Waals surface area contributed by atoms with Crippen LogP contribution in [0.25, 0.3) is 0 Å². The molecule has 0 unspecified atom stereocenters. The lowest BCUT2D eigenvalue weighted by atomic mass is 10.2. The first-order valence-electron chi connectivity index (χ1n) is 6.10. The van der Waals surface area contributed by atoms with Crippen LogP contribution in [-0.4, -0.2) is 15.8 Å². The molecule has 2 aromatic rings. The molecule has 1 saturated carbocycles. The standard InChI is InChI=1S/C13H17N3S/c1-10-11(9-16-6-2-5-15-16)7-13(17-10)8-14-12-3-4-12/h2,5-7,12,14H,3-4,8-9H2,1H3. The number of nitrogens with one attached hydrogen (secondary N) is 1. The minimum atomic E-state index is 0.784. The maximum atomic E-state index is 4.25. The lowest BCUT2D eigenvalue weighted by Crippen LogP contribution is -2.14. The van der Waals surface area contributed by atoms with Crippen LogP contribution in [0.1, 0.15) is 28.2 Å². The molecule has 17 heavy (non-hydrogen) atoms. The number of hydrogen-bond donors (Lipinski definition) is 1. The molecule has 1 aliphatic carbocycles. The van der Waals surface area contributed by atoms with Crippen molar-refractivity contribution in [2.24, 2.45) is 0 Å². The van der Waals surface area contributed by atoms with Crippen molar-refractivity contribution in [1.29, 1.82) is 0 Å². The van der Waals surface area contributed by atoms with Crippen LogP contribution in [0.5, 0.6) is 0 Å². The summed E-state index contributed by atoms with van der Waals surface area (Å²) in [4.78, 5) is 2.85. The van der Waals surface area contributed by atoms with E-state index in [9.17, 15) is 0 Å². The molecule has 3 nitrogen and oxygen atoms in total. The predicted octanol–water partition coefficient (Wildman–Crippen LogP) is 2.55. The Kier molecular flexibility index (Phi) is 2.99. The van der Waals surface area contributed by atoms with Gasteiger partial charge in [0.1, 0.15) is 0 Å². The van der Waals surface area contributed by atoms with Crippen molar-refractivity contribution in [2.45, 2.75) is 38.9 Å². The first-order valence-corrected chi connectivity index (χ1v) is 6.92. The Morgan fingerprint density at radius 1 is 1.53 bits per heavy atom. The summed E-state index contributed by atoms with van der Waals surface area (Å²) in [5.41, 5.74) is 1.39. The number of aryl methyl sites for hydroxylation is 1. The van der Waals surface area contributed by atoms with Gasteiger partial charge in [-0.1, -0.05) is 0 Å². The van der Waals surface area contributed by atoms with Crippen LogP contribution in [0, 0.1) is 6.92 Å². The summed E-state index contributed by atoms with van der Waals surface area (Å²) in [6.45, 7) is 4.11. The van der Waals surface area contributed by atoms with E-state index in [0.717, 1.165) is 19.1 Å². The van der Waals surface area contributed by atoms with Gasteiger partial charge in [-0.2, -0.15) is 5.10 Å². The summed E-state index contributed by atoms with van der Waals surface area (Å²) in [5, 5.41) is 7.81. The molecule has 1 fully saturated rings. The first kappa shape index (κ1) is 11.0. The zero-order valence-corrected chi connectivity index (χ0v) is 10.8. The molecule has 3 rings (SSSR count). The van der Waals surface area contributed by atoms with Gasteiger partial charge in [-0.25, -0.2) is 0 Å². The minimum absolute atomic E-state index is 0.784. The van der Waals surface area contributed by atoms with E-state index >= 15 is 0 Å². The summed E-state index contributed by atoms with van der Waals surface area (Å²) < 4.78 is 1.98. The van der Waals surface area contributed by atoms with Crippen molar-refractivity contribution < 1.29 is 0 Å². The van der Waals surface area contributed by atoms with Gasteiger partial charge in [0.2, 0.25) is 0 Å². The van der Waals surface area contributed by atoms with Crippen molar-refractivity contribution in [3.05, 3.63) is 39.8 Å². The number of thiophene rings is 1.